The Hall–Kier alpha value is -0.170. The predicted molar refractivity (Wildman–Crippen MR) is 79.3 cm³/mol. The second kappa shape index (κ2) is 7.02. The molecule has 0 bridgehead atoms. The molecule has 0 saturated heterocycles. The van der Waals surface area contributed by atoms with E-state index in [0.29, 0.717) is 6.54 Å². The van der Waals surface area contributed by atoms with Crippen LogP contribution in [0.5, 0.6) is 0 Å². The molecular weight excluding hydrogens is 262 g/mol. The highest BCUT2D eigenvalue weighted by Crippen LogP contribution is 2.35. The first-order valence-corrected chi connectivity index (χ1v) is 8.59. The van der Waals surface area contributed by atoms with Crippen LogP contribution in [0.4, 0.5) is 0 Å². The van der Waals surface area contributed by atoms with Crippen LogP contribution in [-0.4, -0.2) is 45.9 Å². The van der Waals surface area contributed by atoms with Gasteiger partial charge in [-0.2, -0.15) is 17.4 Å². The standard InChI is InChI=1S/C13H29N3O2S/c1-13(2)8-5-7-12(11-13)15-19(17,18)16(4)10-6-9-14-3/h12,14-15H,5-11H2,1-4H3. The molecule has 19 heavy (non-hydrogen) atoms. The third kappa shape index (κ3) is 5.77. The largest absolute Gasteiger partial charge is 0.320 e. The molecule has 1 fully saturated rings. The second-order valence-electron chi connectivity index (χ2n) is 6.36. The van der Waals surface area contributed by atoms with Crippen molar-refractivity contribution in [2.45, 2.75) is 52.0 Å². The van der Waals surface area contributed by atoms with Gasteiger partial charge in [-0.25, -0.2) is 0 Å². The number of hydrogen-bond donors (Lipinski definition) is 2. The van der Waals surface area contributed by atoms with Crippen LogP contribution in [0.3, 0.4) is 0 Å². The van der Waals surface area contributed by atoms with Crippen molar-refractivity contribution in [1.82, 2.24) is 14.3 Å². The van der Waals surface area contributed by atoms with Gasteiger partial charge in [0.15, 0.2) is 0 Å². The minimum atomic E-state index is -3.34. The molecular formula is C13H29N3O2S. The molecule has 5 nitrogen and oxygen atoms in total. The van der Waals surface area contributed by atoms with E-state index in [0.717, 1.165) is 32.2 Å². The second-order valence-corrected chi connectivity index (χ2v) is 8.17. The Kier molecular flexibility index (Phi) is 6.23. The van der Waals surface area contributed by atoms with Gasteiger partial charge in [0.05, 0.1) is 0 Å². The summed E-state index contributed by atoms with van der Waals surface area (Å²) in [6.45, 7) is 5.80. The van der Waals surface area contributed by atoms with Crippen LogP contribution in [0, 0.1) is 5.41 Å². The molecule has 0 aromatic heterocycles. The molecule has 0 aromatic carbocycles. The van der Waals surface area contributed by atoms with E-state index in [2.05, 4.69) is 23.9 Å². The van der Waals surface area contributed by atoms with Crippen molar-refractivity contribution < 1.29 is 8.42 Å². The van der Waals surface area contributed by atoms with E-state index in [1.165, 1.54) is 10.7 Å². The van der Waals surface area contributed by atoms with Crippen LogP contribution in [-0.2, 0) is 10.2 Å². The van der Waals surface area contributed by atoms with E-state index in [4.69, 9.17) is 0 Å². The Balaban J connectivity index is 2.49. The monoisotopic (exact) mass is 291 g/mol. The maximum atomic E-state index is 12.2. The van der Waals surface area contributed by atoms with Crippen molar-refractivity contribution in [3.63, 3.8) is 0 Å². The summed E-state index contributed by atoms with van der Waals surface area (Å²) in [5, 5.41) is 3.02. The fourth-order valence-electron chi connectivity index (χ4n) is 2.70. The van der Waals surface area contributed by atoms with Gasteiger partial charge in [-0.1, -0.05) is 20.3 Å². The molecule has 6 heteroatoms. The fraction of sp³-hybridized carbons (Fsp3) is 1.00. The summed E-state index contributed by atoms with van der Waals surface area (Å²) >= 11 is 0. The molecule has 0 amide bonds. The Morgan fingerprint density at radius 2 is 2.05 bits per heavy atom. The molecule has 0 spiro atoms. The molecule has 1 atom stereocenters. The minimum absolute atomic E-state index is 0.0838. The van der Waals surface area contributed by atoms with Crippen molar-refractivity contribution >= 4 is 10.2 Å². The van der Waals surface area contributed by atoms with Gasteiger partial charge in [-0.3, -0.25) is 0 Å². The molecule has 1 aliphatic carbocycles. The maximum absolute atomic E-state index is 12.2. The average molecular weight is 291 g/mol. The van der Waals surface area contributed by atoms with Gasteiger partial charge in [0.25, 0.3) is 10.2 Å². The number of nitrogens with one attached hydrogen (secondary N) is 2. The summed E-state index contributed by atoms with van der Waals surface area (Å²) in [7, 11) is 0.182. The summed E-state index contributed by atoms with van der Waals surface area (Å²) < 4.78 is 28.7. The molecule has 1 rings (SSSR count). The summed E-state index contributed by atoms with van der Waals surface area (Å²) in [6.07, 6.45) is 4.99. The van der Waals surface area contributed by atoms with Crippen LogP contribution in [0.2, 0.25) is 0 Å². The summed E-state index contributed by atoms with van der Waals surface area (Å²) in [5.41, 5.74) is 0.246. The van der Waals surface area contributed by atoms with Crippen LogP contribution < -0.4 is 10.0 Å². The van der Waals surface area contributed by atoms with Gasteiger partial charge < -0.3 is 5.32 Å². The van der Waals surface area contributed by atoms with Crippen molar-refractivity contribution in [2.24, 2.45) is 5.41 Å². The van der Waals surface area contributed by atoms with Gasteiger partial charge >= 0.3 is 0 Å². The zero-order valence-electron chi connectivity index (χ0n) is 12.7. The van der Waals surface area contributed by atoms with Crippen LogP contribution in [0.25, 0.3) is 0 Å². The highest BCUT2D eigenvalue weighted by Gasteiger charge is 2.31. The molecule has 0 heterocycles. The van der Waals surface area contributed by atoms with Crippen molar-refractivity contribution in [1.29, 1.82) is 0 Å². The molecule has 1 aliphatic rings. The Morgan fingerprint density at radius 3 is 2.63 bits per heavy atom. The fourth-order valence-corrected chi connectivity index (χ4v) is 3.87. The average Bonchev–Trinajstić information content (AvgIpc) is 2.27. The number of nitrogens with zero attached hydrogens (tertiary/aromatic N) is 1. The lowest BCUT2D eigenvalue weighted by Gasteiger charge is -2.36. The Bertz CT molecular complexity index is 368. The summed E-state index contributed by atoms with van der Waals surface area (Å²) in [4.78, 5) is 0. The number of rotatable bonds is 7. The van der Waals surface area contributed by atoms with Crippen molar-refractivity contribution in [3.8, 4) is 0 Å². The first-order valence-electron chi connectivity index (χ1n) is 7.15. The van der Waals surface area contributed by atoms with Gasteiger partial charge in [-0.15, -0.1) is 0 Å². The molecule has 0 aliphatic heterocycles. The SMILES string of the molecule is CNCCCN(C)S(=O)(=O)NC1CCCC(C)(C)C1. The number of hydrogen-bond acceptors (Lipinski definition) is 3. The third-order valence-corrected chi connectivity index (χ3v) is 5.47. The summed E-state index contributed by atoms with van der Waals surface area (Å²) in [5.74, 6) is 0. The van der Waals surface area contributed by atoms with Gasteiger partial charge in [-0.05, 0) is 44.7 Å². The zero-order valence-corrected chi connectivity index (χ0v) is 13.5. The van der Waals surface area contributed by atoms with E-state index in [-0.39, 0.29) is 11.5 Å². The first-order chi connectivity index (χ1) is 8.77. The van der Waals surface area contributed by atoms with Crippen LogP contribution in [0.15, 0.2) is 0 Å². The smallest absolute Gasteiger partial charge is 0.279 e. The predicted octanol–water partition coefficient (Wildman–Crippen LogP) is 1.33. The third-order valence-electron chi connectivity index (χ3n) is 3.83. The van der Waals surface area contributed by atoms with Gasteiger partial charge in [0, 0.05) is 19.6 Å². The van der Waals surface area contributed by atoms with E-state index >= 15 is 0 Å². The lowest BCUT2D eigenvalue weighted by Crippen LogP contribution is -2.46. The molecule has 114 valence electrons. The lowest BCUT2D eigenvalue weighted by atomic mass is 9.75. The van der Waals surface area contributed by atoms with E-state index in [1.54, 1.807) is 7.05 Å². The van der Waals surface area contributed by atoms with Crippen molar-refractivity contribution in [3.05, 3.63) is 0 Å². The molecule has 1 unspecified atom stereocenters. The Labute approximate surface area is 118 Å². The maximum Gasteiger partial charge on any atom is 0.279 e. The minimum Gasteiger partial charge on any atom is -0.320 e. The van der Waals surface area contributed by atoms with Crippen LogP contribution in [0.1, 0.15) is 46.0 Å². The van der Waals surface area contributed by atoms with Gasteiger partial charge in [0.2, 0.25) is 0 Å². The highest BCUT2D eigenvalue weighted by molar-refractivity contribution is 7.87. The molecule has 0 aromatic rings. The van der Waals surface area contributed by atoms with E-state index in [1.807, 2.05) is 7.05 Å². The lowest BCUT2D eigenvalue weighted by molar-refractivity contribution is 0.210. The molecule has 0 radical (unpaired) electrons. The van der Waals surface area contributed by atoms with E-state index < -0.39 is 10.2 Å². The van der Waals surface area contributed by atoms with Gasteiger partial charge in [0.1, 0.15) is 0 Å². The first kappa shape index (κ1) is 16.9. The van der Waals surface area contributed by atoms with E-state index in [9.17, 15) is 8.42 Å². The normalized spacial score (nSPS) is 23.7. The highest BCUT2D eigenvalue weighted by atomic mass is 32.2. The van der Waals surface area contributed by atoms with Crippen LogP contribution >= 0.6 is 0 Å². The quantitative estimate of drug-likeness (QED) is 0.696. The molecule has 2 N–H and O–H groups in total. The summed E-state index contributed by atoms with van der Waals surface area (Å²) in [6, 6.07) is 0.0838. The zero-order chi connectivity index (χ0) is 14.5. The van der Waals surface area contributed by atoms with Crippen molar-refractivity contribution in [2.75, 3.05) is 27.2 Å². The Morgan fingerprint density at radius 1 is 1.37 bits per heavy atom. The molecule has 1 saturated carbocycles. The topological polar surface area (TPSA) is 61.4 Å².